The SMILES string of the molecule is CCCCCCCCCCCCCCCCCC(=O)OC(COC(=O)CCCCCCCCCCCCCCC)COP(=O)(O)OP(=O)(O)OCC1OC(n2ccc(N)nc2=O)C(O)C1O. The minimum absolute atomic E-state index is 0.0583. The average molecular weight is 982 g/mol. The molecule has 6 N–H and O–H groups in total. The van der Waals surface area contributed by atoms with Gasteiger partial charge in [0.15, 0.2) is 12.3 Å². The molecule has 1 fully saturated rings. The number of aliphatic hydroxyl groups excluding tert-OH is 2. The van der Waals surface area contributed by atoms with Gasteiger partial charge in [-0.05, 0) is 18.9 Å². The lowest BCUT2D eigenvalue weighted by Gasteiger charge is -2.21. The molecular weight excluding hydrogens is 896 g/mol. The minimum Gasteiger partial charge on any atom is -0.462 e. The molecule has 7 unspecified atom stereocenters. The molecule has 0 spiro atoms. The highest BCUT2D eigenvalue weighted by Crippen LogP contribution is 2.60. The van der Waals surface area contributed by atoms with Crippen molar-refractivity contribution in [2.45, 2.75) is 237 Å². The van der Waals surface area contributed by atoms with Crippen LogP contribution in [0.2, 0.25) is 0 Å². The summed E-state index contributed by atoms with van der Waals surface area (Å²) in [7, 11) is -10.8. The van der Waals surface area contributed by atoms with E-state index in [9.17, 15) is 43.5 Å². The number of anilines is 1. The van der Waals surface area contributed by atoms with Crippen molar-refractivity contribution in [1.29, 1.82) is 0 Å². The van der Waals surface area contributed by atoms with E-state index < -0.39 is 83.7 Å². The predicted molar refractivity (Wildman–Crippen MR) is 252 cm³/mol. The van der Waals surface area contributed by atoms with Gasteiger partial charge in [-0.3, -0.25) is 23.2 Å². The number of nitrogens with zero attached hydrogens (tertiary/aromatic N) is 2. The molecule has 0 amide bonds. The van der Waals surface area contributed by atoms with Gasteiger partial charge < -0.3 is 39.9 Å². The maximum Gasteiger partial charge on any atom is 0.481 e. The summed E-state index contributed by atoms with van der Waals surface area (Å²) in [5.41, 5.74) is 4.59. The molecule has 20 heteroatoms. The summed E-state index contributed by atoms with van der Waals surface area (Å²) < 4.78 is 56.7. The molecule has 66 heavy (non-hydrogen) atoms. The van der Waals surface area contributed by atoms with E-state index in [0.29, 0.717) is 12.8 Å². The number of unbranched alkanes of at least 4 members (excludes halogenated alkanes) is 26. The average Bonchev–Trinajstić information content (AvgIpc) is 3.55. The van der Waals surface area contributed by atoms with E-state index in [-0.39, 0.29) is 18.7 Å². The number of esters is 2. The molecular formula is C46H85N3O15P2. The molecule has 0 aromatic carbocycles. The Hall–Kier alpha value is -2.24. The second-order valence-corrected chi connectivity index (χ2v) is 20.7. The number of rotatable bonds is 42. The van der Waals surface area contributed by atoms with Gasteiger partial charge in [0.25, 0.3) is 0 Å². The molecule has 0 bridgehead atoms. The maximum atomic E-state index is 12.8. The van der Waals surface area contributed by atoms with Gasteiger partial charge in [-0.25, -0.2) is 13.9 Å². The van der Waals surface area contributed by atoms with Crippen LogP contribution in [0.5, 0.6) is 0 Å². The number of phosphoric ester groups is 2. The van der Waals surface area contributed by atoms with Crippen LogP contribution in [0, 0.1) is 0 Å². The Bertz CT molecular complexity index is 1600. The largest absolute Gasteiger partial charge is 0.481 e. The number of hydrogen-bond acceptors (Lipinski definition) is 15. The summed E-state index contributed by atoms with van der Waals surface area (Å²) in [5.74, 6) is -1.28. The zero-order chi connectivity index (χ0) is 48.5. The number of nitrogen functional groups attached to an aromatic ring is 1. The zero-order valence-corrected chi connectivity index (χ0v) is 41.8. The first-order chi connectivity index (χ1) is 31.7. The van der Waals surface area contributed by atoms with Gasteiger partial charge in [0.05, 0.1) is 13.2 Å². The van der Waals surface area contributed by atoms with E-state index in [4.69, 9.17) is 29.0 Å². The number of ether oxygens (including phenoxy) is 3. The Morgan fingerprint density at radius 1 is 0.667 bits per heavy atom. The summed E-state index contributed by atoms with van der Waals surface area (Å²) >= 11 is 0. The summed E-state index contributed by atoms with van der Waals surface area (Å²) in [6, 6.07) is 1.25. The van der Waals surface area contributed by atoms with Crippen LogP contribution in [0.1, 0.15) is 213 Å². The molecule has 1 aromatic heterocycles. The van der Waals surface area contributed by atoms with Gasteiger partial charge >= 0.3 is 33.3 Å². The quantitative estimate of drug-likeness (QED) is 0.0232. The first-order valence-electron chi connectivity index (χ1n) is 25.0. The Morgan fingerprint density at radius 2 is 1.09 bits per heavy atom. The normalized spacial score (nSPS) is 19.6. The molecule has 1 aliphatic heterocycles. The van der Waals surface area contributed by atoms with E-state index in [1.54, 1.807) is 0 Å². The third kappa shape index (κ3) is 28.3. The van der Waals surface area contributed by atoms with Crippen LogP contribution in [-0.4, -0.2) is 85.7 Å². The Balaban J connectivity index is 1.80. The lowest BCUT2D eigenvalue weighted by atomic mass is 10.0. The third-order valence-corrected chi connectivity index (χ3v) is 14.3. The van der Waals surface area contributed by atoms with Gasteiger partial charge in [-0.1, -0.05) is 181 Å². The van der Waals surface area contributed by atoms with Crippen LogP contribution in [0.25, 0.3) is 0 Å². The Labute approximate surface area is 393 Å². The fourth-order valence-electron chi connectivity index (χ4n) is 7.79. The third-order valence-electron chi connectivity index (χ3n) is 11.7. The van der Waals surface area contributed by atoms with E-state index in [1.165, 1.54) is 128 Å². The van der Waals surface area contributed by atoms with E-state index >= 15 is 0 Å². The van der Waals surface area contributed by atoms with Gasteiger partial charge in [0, 0.05) is 19.0 Å². The number of aromatic nitrogens is 2. The van der Waals surface area contributed by atoms with Crippen LogP contribution >= 0.6 is 15.6 Å². The topological polar surface area (TPSA) is 265 Å². The fourth-order valence-corrected chi connectivity index (χ4v) is 9.90. The number of carbonyl (C=O) groups is 2. The van der Waals surface area contributed by atoms with Crippen molar-refractivity contribution in [2.24, 2.45) is 0 Å². The van der Waals surface area contributed by atoms with Crippen molar-refractivity contribution in [3.63, 3.8) is 0 Å². The van der Waals surface area contributed by atoms with Crippen LogP contribution < -0.4 is 11.4 Å². The number of hydrogen-bond donors (Lipinski definition) is 5. The van der Waals surface area contributed by atoms with E-state index in [2.05, 4.69) is 23.1 Å². The monoisotopic (exact) mass is 982 g/mol. The van der Waals surface area contributed by atoms with Crippen molar-refractivity contribution in [1.82, 2.24) is 9.55 Å². The number of carbonyl (C=O) groups excluding carboxylic acids is 2. The smallest absolute Gasteiger partial charge is 0.462 e. The number of nitrogens with two attached hydrogens (primary N) is 1. The van der Waals surface area contributed by atoms with Gasteiger partial charge in [0.2, 0.25) is 0 Å². The number of phosphoric acid groups is 2. The van der Waals surface area contributed by atoms with Gasteiger partial charge in [-0.2, -0.15) is 9.29 Å². The van der Waals surface area contributed by atoms with Crippen molar-refractivity contribution in [3.05, 3.63) is 22.7 Å². The standard InChI is InChI=1S/C46H85N3O15P2/c1-3-5-7-9-11-13-15-17-18-20-22-24-26-28-30-32-42(51)62-38(35-59-41(50)31-29-27-25-23-21-19-16-14-12-10-8-6-4-2)36-60-65(55,56)64-66(57,58)61-37-39-43(52)44(53)45(63-39)49-34-33-40(47)48-46(49)54/h33-34,38-39,43-45,52-53H,3-32,35-37H2,1-2H3,(H,55,56)(H,57,58)(H2,47,48,54). The van der Waals surface area contributed by atoms with Crippen molar-refractivity contribution in [2.75, 3.05) is 25.6 Å². The van der Waals surface area contributed by atoms with Gasteiger partial charge in [-0.15, -0.1) is 0 Å². The first kappa shape index (κ1) is 59.9. The summed E-state index contributed by atoms with van der Waals surface area (Å²) in [4.78, 5) is 61.8. The second-order valence-electron chi connectivity index (χ2n) is 17.7. The highest BCUT2D eigenvalue weighted by Gasteiger charge is 2.46. The van der Waals surface area contributed by atoms with Crippen molar-refractivity contribution in [3.8, 4) is 0 Å². The lowest BCUT2D eigenvalue weighted by molar-refractivity contribution is -0.161. The van der Waals surface area contributed by atoms with Crippen molar-refractivity contribution >= 4 is 33.4 Å². The van der Waals surface area contributed by atoms with Gasteiger partial charge in [0.1, 0.15) is 30.7 Å². The Morgan fingerprint density at radius 3 is 1.55 bits per heavy atom. The highest BCUT2D eigenvalue weighted by molar-refractivity contribution is 7.61. The first-order valence-corrected chi connectivity index (χ1v) is 28.0. The summed E-state index contributed by atoms with van der Waals surface area (Å²) in [6.07, 6.45) is 26.1. The molecule has 2 rings (SSSR count). The minimum atomic E-state index is -5.41. The molecule has 1 aromatic rings. The second kappa shape index (κ2) is 35.8. The van der Waals surface area contributed by atoms with Crippen LogP contribution in [0.3, 0.4) is 0 Å². The molecule has 7 atom stereocenters. The zero-order valence-electron chi connectivity index (χ0n) is 40.0. The fraction of sp³-hybridized carbons (Fsp3) is 0.870. The van der Waals surface area contributed by atoms with Crippen molar-refractivity contribution < 1.29 is 66.3 Å². The summed E-state index contributed by atoms with van der Waals surface area (Å²) in [6.45, 7) is 2.18. The Kier molecular flexibility index (Phi) is 32.5. The molecule has 1 aliphatic rings. The highest BCUT2D eigenvalue weighted by atomic mass is 31.3. The molecule has 384 valence electrons. The van der Waals surface area contributed by atoms with Crippen LogP contribution in [0.15, 0.2) is 17.1 Å². The maximum absolute atomic E-state index is 12.8. The molecule has 0 saturated carbocycles. The lowest BCUT2D eigenvalue weighted by Crippen LogP contribution is -2.36. The predicted octanol–water partition coefficient (Wildman–Crippen LogP) is 9.89. The molecule has 0 aliphatic carbocycles. The molecule has 2 heterocycles. The molecule has 0 radical (unpaired) electrons. The molecule has 1 saturated heterocycles. The van der Waals surface area contributed by atoms with E-state index in [0.717, 1.165) is 55.9 Å². The van der Waals surface area contributed by atoms with Crippen LogP contribution in [0.4, 0.5) is 5.82 Å². The summed E-state index contributed by atoms with van der Waals surface area (Å²) in [5, 5.41) is 20.9. The molecule has 18 nitrogen and oxygen atoms in total. The van der Waals surface area contributed by atoms with Crippen LogP contribution in [-0.2, 0) is 46.3 Å². The van der Waals surface area contributed by atoms with E-state index in [1.807, 2.05) is 0 Å². The number of aliphatic hydroxyl groups is 2.